The van der Waals surface area contributed by atoms with Gasteiger partial charge >= 0.3 is 0 Å². The highest BCUT2D eigenvalue weighted by molar-refractivity contribution is 5.88. The van der Waals surface area contributed by atoms with Gasteiger partial charge in [0.2, 0.25) is 11.9 Å². The lowest BCUT2D eigenvalue weighted by molar-refractivity contribution is -0.116. The highest BCUT2D eigenvalue weighted by Gasteiger charge is 2.04. The van der Waals surface area contributed by atoms with Gasteiger partial charge in [0.25, 0.3) is 0 Å². The minimum Gasteiger partial charge on any atom is -0.295 e. The van der Waals surface area contributed by atoms with Gasteiger partial charge in [-0.3, -0.25) is 10.1 Å². The van der Waals surface area contributed by atoms with E-state index in [2.05, 4.69) is 20.5 Å². The molecule has 2 rings (SSSR count). The zero-order chi connectivity index (χ0) is 12.1. The Labute approximate surface area is 97.1 Å². The van der Waals surface area contributed by atoms with Crippen LogP contribution in [-0.2, 0) is 11.2 Å². The molecule has 1 aromatic carbocycles. The first kappa shape index (κ1) is 11.3. The summed E-state index contributed by atoms with van der Waals surface area (Å²) in [4.78, 5) is 15.3. The molecular weight excluding hydrogens is 223 g/mol. The van der Waals surface area contributed by atoms with E-state index >= 15 is 0 Å². The number of aromatic nitrogens is 3. The monoisotopic (exact) mass is 234 g/mol. The van der Waals surface area contributed by atoms with Gasteiger partial charge in [-0.15, -0.1) is 0 Å². The van der Waals surface area contributed by atoms with Crippen molar-refractivity contribution in [2.75, 3.05) is 5.32 Å². The van der Waals surface area contributed by atoms with Gasteiger partial charge in [-0.25, -0.2) is 9.49 Å². The van der Waals surface area contributed by atoms with Crippen LogP contribution in [0.25, 0.3) is 0 Å². The third kappa shape index (κ3) is 3.37. The molecule has 88 valence electrons. The lowest BCUT2D eigenvalue weighted by Gasteiger charge is -2.02. The number of carbonyl (C=O) groups is 1. The standard InChI is InChI=1S/C11H11FN4O/c12-9-4-1-8(2-5-9)3-6-10(17)15-11-13-7-14-16-11/h1-2,4-5,7H,3,6H2,(H2,13,14,15,16,17). The zero-order valence-corrected chi connectivity index (χ0v) is 8.98. The van der Waals surface area contributed by atoms with E-state index < -0.39 is 0 Å². The largest absolute Gasteiger partial charge is 0.295 e. The van der Waals surface area contributed by atoms with Crippen LogP contribution in [-0.4, -0.2) is 21.1 Å². The number of aromatic amines is 1. The lowest BCUT2D eigenvalue weighted by Crippen LogP contribution is -2.13. The first-order valence-electron chi connectivity index (χ1n) is 5.14. The van der Waals surface area contributed by atoms with Crippen molar-refractivity contribution in [3.63, 3.8) is 0 Å². The molecule has 0 spiro atoms. The molecule has 1 aromatic heterocycles. The smallest absolute Gasteiger partial charge is 0.227 e. The third-order valence-electron chi connectivity index (χ3n) is 2.23. The average Bonchev–Trinajstić information content (AvgIpc) is 2.81. The summed E-state index contributed by atoms with van der Waals surface area (Å²) in [5, 5.41) is 8.70. The van der Waals surface area contributed by atoms with Gasteiger partial charge in [0, 0.05) is 6.42 Å². The predicted molar refractivity (Wildman–Crippen MR) is 59.7 cm³/mol. The SMILES string of the molecule is O=C(CCc1ccc(F)cc1)Nc1ncn[nH]1. The Morgan fingerprint density at radius 1 is 1.35 bits per heavy atom. The van der Waals surface area contributed by atoms with Crippen molar-refractivity contribution in [1.82, 2.24) is 15.2 Å². The number of nitrogens with zero attached hydrogens (tertiary/aromatic N) is 2. The molecular formula is C11H11FN4O. The highest BCUT2D eigenvalue weighted by Crippen LogP contribution is 2.06. The van der Waals surface area contributed by atoms with E-state index in [1.807, 2.05) is 0 Å². The summed E-state index contributed by atoms with van der Waals surface area (Å²) in [7, 11) is 0. The number of hydrogen-bond donors (Lipinski definition) is 2. The van der Waals surface area contributed by atoms with Crippen LogP contribution < -0.4 is 5.32 Å². The van der Waals surface area contributed by atoms with Gasteiger partial charge in [-0.05, 0) is 24.1 Å². The van der Waals surface area contributed by atoms with Crippen LogP contribution in [0.3, 0.4) is 0 Å². The van der Waals surface area contributed by atoms with Gasteiger partial charge in [-0.1, -0.05) is 12.1 Å². The van der Waals surface area contributed by atoms with Crippen molar-refractivity contribution in [2.45, 2.75) is 12.8 Å². The van der Waals surface area contributed by atoms with E-state index in [0.717, 1.165) is 5.56 Å². The van der Waals surface area contributed by atoms with Crippen LogP contribution in [0.4, 0.5) is 10.3 Å². The fourth-order valence-corrected chi connectivity index (χ4v) is 1.37. The summed E-state index contributed by atoms with van der Waals surface area (Å²) in [6.45, 7) is 0. The Morgan fingerprint density at radius 2 is 2.12 bits per heavy atom. The number of halogens is 1. The number of H-pyrrole nitrogens is 1. The average molecular weight is 234 g/mol. The van der Waals surface area contributed by atoms with E-state index in [1.54, 1.807) is 12.1 Å². The van der Waals surface area contributed by atoms with E-state index in [9.17, 15) is 9.18 Å². The number of rotatable bonds is 4. The second-order valence-electron chi connectivity index (χ2n) is 3.51. The molecule has 0 saturated carbocycles. The predicted octanol–water partition coefficient (Wildman–Crippen LogP) is 1.52. The number of amides is 1. The van der Waals surface area contributed by atoms with Gasteiger partial charge in [0.1, 0.15) is 12.1 Å². The molecule has 0 aliphatic heterocycles. The first-order chi connectivity index (χ1) is 8.24. The quantitative estimate of drug-likeness (QED) is 0.842. The molecule has 2 N–H and O–H groups in total. The maximum absolute atomic E-state index is 12.6. The molecule has 0 aliphatic rings. The maximum Gasteiger partial charge on any atom is 0.227 e. The first-order valence-corrected chi connectivity index (χ1v) is 5.14. The molecule has 17 heavy (non-hydrogen) atoms. The Hall–Kier alpha value is -2.24. The molecule has 0 saturated heterocycles. The number of benzene rings is 1. The topological polar surface area (TPSA) is 70.7 Å². The van der Waals surface area contributed by atoms with E-state index in [1.165, 1.54) is 18.5 Å². The maximum atomic E-state index is 12.6. The Morgan fingerprint density at radius 3 is 2.76 bits per heavy atom. The minimum absolute atomic E-state index is 0.161. The van der Waals surface area contributed by atoms with Crippen LogP contribution in [0.2, 0.25) is 0 Å². The van der Waals surface area contributed by atoms with E-state index in [4.69, 9.17) is 0 Å². The van der Waals surface area contributed by atoms with Crippen molar-refractivity contribution < 1.29 is 9.18 Å². The number of aryl methyl sites for hydroxylation is 1. The Bertz CT molecular complexity index is 481. The fourth-order valence-electron chi connectivity index (χ4n) is 1.37. The normalized spacial score (nSPS) is 10.2. The fraction of sp³-hybridized carbons (Fsp3) is 0.182. The van der Waals surface area contributed by atoms with Crippen molar-refractivity contribution in [3.05, 3.63) is 42.0 Å². The molecule has 0 bridgehead atoms. The summed E-state index contributed by atoms with van der Waals surface area (Å²) in [6.07, 6.45) is 2.18. The third-order valence-corrected chi connectivity index (χ3v) is 2.23. The van der Waals surface area contributed by atoms with Gasteiger partial charge < -0.3 is 0 Å². The Balaban J connectivity index is 1.82. The summed E-state index contributed by atoms with van der Waals surface area (Å²) in [6, 6.07) is 6.08. The van der Waals surface area contributed by atoms with E-state index in [0.29, 0.717) is 18.8 Å². The van der Waals surface area contributed by atoms with Crippen LogP contribution in [0.1, 0.15) is 12.0 Å². The van der Waals surface area contributed by atoms with E-state index in [-0.39, 0.29) is 11.7 Å². The second-order valence-corrected chi connectivity index (χ2v) is 3.51. The van der Waals surface area contributed by atoms with Crippen LogP contribution in [0, 0.1) is 5.82 Å². The van der Waals surface area contributed by atoms with Gasteiger partial charge in [0.05, 0.1) is 0 Å². The molecule has 1 heterocycles. The molecule has 0 fully saturated rings. The highest BCUT2D eigenvalue weighted by atomic mass is 19.1. The zero-order valence-electron chi connectivity index (χ0n) is 8.98. The Kier molecular flexibility index (Phi) is 3.44. The molecule has 1 amide bonds. The molecule has 6 heteroatoms. The number of carbonyl (C=O) groups excluding carboxylic acids is 1. The van der Waals surface area contributed by atoms with Crippen molar-refractivity contribution in [2.24, 2.45) is 0 Å². The molecule has 0 radical (unpaired) electrons. The summed E-state index contributed by atoms with van der Waals surface area (Å²) < 4.78 is 12.6. The molecule has 2 aromatic rings. The lowest BCUT2D eigenvalue weighted by atomic mass is 10.1. The minimum atomic E-state index is -0.278. The van der Waals surface area contributed by atoms with Gasteiger partial charge in [0.15, 0.2) is 0 Å². The van der Waals surface area contributed by atoms with Crippen LogP contribution in [0.15, 0.2) is 30.6 Å². The number of anilines is 1. The van der Waals surface area contributed by atoms with Crippen LogP contribution >= 0.6 is 0 Å². The summed E-state index contributed by atoms with van der Waals surface area (Å²) >= 11 is 0. The van der Waals surface area contributed by atoms with Crippen LogP contribution in [0.5, 0.6) is 0 Å². The summed E-state index contributed by atoms with van der Waals surface area (Å²) in [5.41, 5.74) is 0.916. The number of nitrogens with one attached hydrogen (secondary N) is 2. The molecule has 0 unspecified atom stereocenters. The van der Waals surface area contributed by atoms with Crippen molar-refractivity contribution >= 4 is 11.9 Å². The van der Waals surface area contributed by atoms with Gasteiger partial charge in [-0.2, -0.15) is 10.1 Å². The molecule has 0 atom stereocenters. The van der Waals surface area contributed by atoms with Crippen molar-refractivity contribution in [3.8, 4) is 0 Å². The number of hydrogen-bond acceptors (Lipinski definition) is 3. The summed E-state index contributed by atoms with van der Waals surface area (Å²) in [5.74, 6) is -0.111. The second kappa shape index (κ2) is 5.20. The van der Waals surface area contributed by atoms with Crippen molar-refractivity contribution in [1.29, 1.82) is 0 Å². The molecule has 5 nitrogen and oxygen atoms in total. The molecule has 0 aliphatic carbocycles.